The molecule has 1 atom stereocenters. The van der Waals surface area contributed by atoms with Crippen molar-refractivity contribution in [2.24, 2.45) is 0 Å². The van der Waals surface area contributed by atoms with E-state index in [1.807, 2.05) is 42.5 Å². The lowest BCUT2D eigenvalue weighted by Gasteiger charge is -2.25. The number of benzene rings is 1. The summed E-state index contributed by atoms with van der Waals surface area (Å²) in [5, 5.41) is 11.8. The van der Waals surface area contributed by atoms with E-state index in [4.69, 9.17) is 0 Å². The zero-order chi connectivity index (χ0) is 14.4. The van der Waals surface area contributed by atoms with E-state index >= 15 is 0 Å². The van der Waals surface area contributed by atoms with Crippen LogP contribution in [0.2, 0.25) is 0 Å². The number of carboxylic acid groups (broad SMARTS) is 1. The van der Waals surface area contributed by atoms with Crippen LogP contribution in [-0.2, 0) is 11.2 Å². The van der Waals surface area contributed by atoms with Crippen LogP contribution in [0, 0.1) is 0 Å². The molecule has 1 unspecified atom stereocenters. The summed E-state index contributed by atoms with van der Waals surface area (Å²) in [6.45, 7) is 1.16. The molecule has 0 radical (unpaired) electrons. The van der Waals surface area contributed by atoms with Gasteiger partial charge in [-0.1, -0.05) is 42.5 Å². The van der Waals surface area contributed by atoms with Crippen molar-refractivity contribution in [3.63, 3.8) is 0 Å². The van der Waals surface area contributed by atoms with Gasteiger partial charge >= 0.3 is 12.0 Å². The molecule has 0 saturated carbocycles. The van der Waals surface area contributed by atoms with E-state index in [1.54, 1.807) is 4.90 Å². The SMILES string of the molecule is O=C(O)C(Cc1ccccc1)NC(=O)N1CC=CCC1. The first-order valence-electron chi connectivity index (χ1n) is 6.64. The van der Waals surface area contributed by atoms with Crippen molar-refractivity contribution in [3.8, 4) is 0 Å². The number of aliphatic carboxylic acids is 1. The lowest BCUT2D eigenvalue weighted by atomic mass is 10.1. The van der Waals surface area contributed by atoms with Gasteiger partial charge < -0.3 is 15.3 Å². The van der Waals surface area contributed by atoms with Crippen LogP contribution in [0.1, 0.15) is 12.0 Å². The normalized spacial score (nSPS) is 15.7. The highest BCUT2D eigenvalue weighted by molar-refractivity contribution is 5.83. The smallest absolute Gasteiger partial charge is 0.326 e. The second-order valence-electron chi connectivity index (χ2n) is 4.74. The molecule has 0 bridgehead atoms. The number of urea groups is 1. The minimum atomic E-state index is -1.02. The predicted molar refractivity (Wildman–Crippen MR) is 75.4 cm³/mol. The van der Waals surface area contributed by atoms with Gasteiger partial charge in [0.15, 0.2) is 0 Å². The van der Waals surface area contributed by atoms with E-state index in [9.17, 15) is 14.7 Å². The van der Waals surface area contributed by atoms with Crippen LogP contribution in [0.25, 0.3) is 0 Å². The molecule has 0 aromatic heterocycles. The third-order valence-electron chi connectivity index (χ3n) is 3.22. The van der Waals surface area contributed by atoms with Gasteiger partial charge in [-0.25, -0.2) is 9.59 Å². The fourth-order valence-corrected chi connectivity index (χ4v) is 2.12. The van der Waals surface area contributed by atoms with Crippen molar-refractivity contribution in [1.29, 1.82) is 0 Å². The number of carbonyl (C=O) groups excluding carboxylic acids is 1. The Hall–Kier alpha value is -2.30. The number of carbonyl (C=O) groups is 2. The Morgan fingerprint density at radius 2 is 2.00 bits per heavy atom. The second-order valence-corrected chi connectivity index (χ2v) is 4.74. The first kappa shape index (κ1) is 14.1. The van der Waals surface area contributed by atoms with E-state index in [1.165, 1.54) is 0 Å². The van der Waals surface area contributed by atoms with Crippen molar-refractivity contribution in [3.05, 3.63) is 48.0 Å². The molecule has 0 spiro atoms. The maximum Gasteiger partial charge on any atom is 0.326 e. The van der Waals surface area contributed by atoms with Crippen molar-refractivity contribution in [1.82, 2.24) is 10.2 Å². The number of nitrogens with zero attached hydrogens (tertiary/aromatic N) is 1. The third kappa shape index (κ3) is 3.85. The summed E-state index contributed by atoms with van der Waals surface area (Å²) in [7, 11) is 0. The first-order chi connectivity index (χ1) is 9.66. The predicted octanol–water partition coefficient (Wildman–Crippen LogP) is 1.65. The number of hydrogen-bond acceptors (Lipinski definition) is 2. The maximum absolute atomic E-state index is 12.0. The number of hydrogen-bond donors (Lipinski definition) is 2. The summed E-state index contributed by atoms with van der Waals surface area (Å²) in [5.41, 5.74) is 0.888. The monoisotopic (exact) mass is 274 g/mol. The Labute approximate surface area is 117 Å². The molecule has 2 amide bonds. The Morgan fingerprint density at radius 1 is 1.25 bits per heavy atom. The van der Waals surface area contributed by atoms with Crippen LogP contribution >= 0.6 is 0 Å². The fourth-order valence-electron chi connectivity index (χ4n) is 2.12. The standard InChI is InChI=1S/C15H18N2O3/c18-14(19)13(11-12-7-3-1-4-8-12)16-15(20)17-9-5-2-6-10-17/h1-5,7-8,13H,6,9-11H2,(H,16,20)(H,18,19). The first-order valence-corrected chi connectivity index (χ1v) is 6.64. The van der Waals surface area contributed by atoms with Gasteiger partial charge in [-0.05, 0) is 12.0 Å². The van der Waals surface area contributed by atoms with Crippen LogP contribution in [0.4, 0.5) is 4.79 Å². The molecule has 1 aromatic carbocycles. The zero-order valence-corrected chi connectivity index (χ0v) is 11.2. The van der Waals surface area contributed by atoms with E-state index in [0.29, 0.717) is 13.1 Å². The number of amides is 2. The molecule has 20 heavy (non-hydrogen) atoms. The van der Waals surface area contributed by atoms with Crippen LogP contribution in [0.3, 0.4) is 0 Å². The molecule has 5 heteroatoms. The number of nitrogens with one attached hydrogen (secondary N) is 1. The molecule has 1 heterocycles. The van der Waals surface area contributed by atoms with Gasteiger partial charge in [0, 0.05) is 19.5 Å². The summed E-state index contributed by atoms with van der Waals surface area (Å²) in [6, 6.07) is 8.06. The highest BCUT2D eigenvalue weighted by Gasteiger charge is 2.23. The minimum Gasteiger partial charge on any atom is -0.480 e. The summed E-state index contributed by atoms with van der Waals surface area (Å²) in [6.07, 6.45) is 5.02. The highest BCUT2D eigenvalue weighted by Crippen LogP contribution is 2.06. The maximum atomic E-state index is 12.0. The van der Waals surface area contributed by atoms with Gasteiger partial charge in [0.05, 0.1) is 0 Å². The molecule has 2 rings (SSSR count). The Morgan fingerprint density at radius 3 is 2.60 bits per heavy atom. The third-order valence-corrected chi connectivity index (χ3v) is 3.22. The van der Waals surface area contributed by atoms with Crippen molar-refractivity contribution >= 4 is 12.0 Å². The van der Waals surface area contributed by atoms with Crippen LogP contribution in [0.15, 0.2) is 42.5 Å². The lowest BCUT2D eigenvalue weighted by molar-refractivity contribution is -0.139. The summed E-state index contributed by atoms with van der Waals surface area (Å²) in [4.78, 5) is 24.9. The molecule has 0 fully saturated rings. The van der Waals surface area contributed by atoms with E-state index in [2.05, 4.69) is 5.32 Å². The molecule has 0 aliphatic carbocycles. The van der Waals surface area contributed by atoms with E-state index in [-0.39, 0.29) is 12.5 Å². The molecule has 2 N–H and O–H groups in total. The van der Waals surface area contributed by atoms with Gasteiger partial charge in [0.25, 0.3) is 0 Å². The Bertz CT molecular complexity index is 499. The molecule has 5 nitrogen and oxygen atoms in total. The summed E-state index contributed by atoms with van der Waals surface area (Å²) in [5.74, 6) is -1.02. The molecule has 0 saturated heterocycles. The van der Waals surface area contributed by atoms with Gasteiger partial charge in [-0.15, -0.1) is 0 Å². The van der Waals surface area contributed by atoms with Crippen molar-refractivity contribution in [2.75, 3.05) is 13.1 Å². The number of carboxylic acids is 1. The van der Waals surface area contributed by atoms with Gasteiger partial charge in [0.1, 0.15) is 6.04 Å². The van der Waals surface area contributed by atoms with Crippen molar-refractivity contribution in [2.45, 2.75) is 18.9 Å². The van der Waals surface area contributed by atoms with Crippen molar-refractivity contribution < 1.29 is 14.7 Å². The number of rotatable bonds is 4. The molecule has 1 aliphatic rings. The highest BCUT2D eigenvalue weighted by atomic mass is 16.4. The second kappa shape index (κ2) is 6.75. The lowest BCUT2D eigenvalue weighted by Crippen LogP contribution is -2.49. The average molecular weight is 274 g/mol. The topological polar surface area (TPSA) is 69.6 Å². The molecule has 1 aliphatic heterocycles. The summed E-state index contributed by atoms with van der Waals surface area (Å²) < 4.78 is 0. The van der Waals surface area contributed by atoms with E-state index in [0.717, 1.165) is 12.0 Å². The fraction of sp³-hybridized carbons (Fsp3) is 0.333. The quantitative estimate of drug-likeness (QED) is 0.820. The summed E-state index contributed by atoms with van der Waals surface area (Å²) >= 11 is 0. The molecule has 106 valence electrons. The average Bonchev–Trinajstić information content (AvgIpc) is 2.48. The Kier molecular flexibility index (Phi) is 4.76. The van der Waals surface area contributed by atoms with E-state index < -0.39 is 12.0 Å². The molecular weight excluding hydrogens is 256 g/mol. The van der Waals surface area contributed by atoms with Gasteiger partial charge in [0.2, 0.25) is 0 Å². The van der Waals surface area contributed by atoms with Crippen LogP contribution < -0.4 is 5.32 Å². The van der Waals surface area contributed by atoms with Crippen LogP contribution in [0.5, 0.6) is 0 Å². The molecular formula is C15H18N2O3. The largest absolute Gasteiger partial charge is 0.480 e. The van der Waals surface area contributed by atoms with Crippen LogP contribution in [-0.4, -0.2) is 41.1 Å². The molecule has 1 aromatic rings. The minimum absolute atomic E-state index is 0.283. The van der Waals surface area contributed by atoms with Gasteiger partial charge in [-0.2, -0.15) is 0 Å². The Balaban J connectivity index is 1.97. The van der Waals surface area contributed by atoms with Gasteiger partial charge in [-0.3, -0.25) is 0 Å². The zero-order valence-electron chi connectivity index (χ0n) is 11.2.